The second kappa shape index (κ2) is 5.82. The van der Waals surface area contributed by atoms with Crippen molar-refractivity contribution in [3.8, 4) is 5.75 Å². The Bertz CT molecular complexity index is 628. The van der Waals surface area contributed by atoms with Crippen LogP contribution in [-0.2, 0) is 6.42 Å². The SMILES string of the molecule is CCC1(Cc2ccccc2)CC(N)c2ccc(Br)cc2O1. The first-order chi connectivity index (χ1) is 10.1. The van der Waals surface area contributed by atoms with Crippen molar-refractivity contribution >= 4 is 15.9 Å². The number of fused-ring (bicyclic) bond motifs is 1. The maximum absolute atomic E-state index is 6.41. The third-order valence-electron chi connectivity index (χ3n) is 4.31. The number of hydrogen-bond acceptors (Lipinski definition) is 2. The van der Waals surface area contributed by atoms with E-state index in [-0.39, 0.29) is 11.6 Å². The van der Waals surface area contributed by atoms with Crippen LogP contribution >= 0.6 is 15.9 Å². The van der Waals surface area contributed by atoms with Gasteiger partial charge in [-0.15, -0.1) is 0 Å². The van der Waals surface area contributed by atoms with Gasteiger partial charge in [0, 0.05) is 28.9 Å². The lowest BCUT2D eigenvalue weighted by Crippen LogP contribution is -2.44. The van der Waals surface area contributed by atoms with Gasteiger partial charge < -0.3 is 10.5 Å². The minimum absolute atomic E-state index is 0.0329. The van der Waals surface area contributed by atoms with Crippen LogP contribution < -0.4 is 10.5 Å². The standard InChI is InChI=1S/C18H20BrNO/c1-2-18(11-13-6-4-3-5-7-13)12-16(20)15-9-8-14(19)10-17(15)21-18/h3-10,16H,2,11-12,20H2,1H3. The summed E-state index contributed by atoms with van der Waals surface area (Å²) < 4.78 is 7.44. The van der Waals surface area contributed by atoms with Crippen LogP contribution in [0.5, 0.6) is 5.75 Å². The van der Waals surface area contributed by atoms with Gasteiger partial charge in [0.15, 0.2) is 0 Å². The number of ether oxygens (including phenoxy) is 1. The van der Waals surface area contributed by atoms with E-state index >= 15 is 0 Å². The average molecular weight is 346 g/mol. The van der Waals surface area contributed by atoms with E-state index in [1.54, 1.807) is 0 Å². The molecule has 2 aromatic carbocycles. The molecule has 110 valence electrons. The predicted molar refractivity (Wildman–Crippen MR) is 89.5 cm³/mol. The summed E-state index contributed by atoms with van der Waals surface area (Å²) in [4.78, 5) is 0. The zero-order valence-electron chi connectivity index (χ0n) is 12.2. The van der Waals surface area contributed by atoms with Gasteiger partial charge in [-0.25, -0.2) is 0 Å². The molecule has 0 aromatic heterocycles. The van der Waals surface area contributed by atoms with Crippen LogP contribution in [0.25, 0.3) is 0 Å². The topological polar surface area (TPSA) is 35.2 Å². The fraction of sp³-hybridized carbons (Fsp3) is 0.333. The van der Waals surface area contributed by atoms with Gasteiger partial charge in [-0.3, -0.25) is 0 Å². The van der Waals surface area contributed by atoms with E-state index in [9.17, 15) is 0 Å². The van der Waals surface area contributed by atoms with Gasteiger partial charge in [0.1, 0.15) is 11.4 Å². The van der Waals surface area contributed by atoms with E-state index in [0.717, 1.165) is 35.0 Å². The van der Waals surface area contributed by atoms with Gasteiger partial charge in [0.25, 0.3) is 0 Å². The van der Waals surface area contributed by atoms with Crippen LogP contribution in [0.2, 0.25) is 0 Å². The molecule has 0 radical (unpaired) electrons. The number of halogens is 1. The number of nitrogens with two attached hydrogens (primary N) is 1. The molecule has 0 aliphatic carbocycles. The zero-order chi connectivity index (χ0) is 14.9. The molecule has 0 fully saturated rings. The van der Waals surface area contributed by atoms with Gasteiger partial charge in [0.05, 0.1) is 0 Å². The fourth-order valence-corrected chi connectivity index (χ4v) is 3.45. The minimum atomic E-state index is -0.214. The first-order valence-corrected chi connectivity index (χ1v) is 8.19. The Morgan fingerprint density at radius 1 is 1.24 bits per heavy atom. The minimum Gasteiger partial charge on any atom is -0.486 e. The Morgan fingerprint density at radius 3 is 2.71 bits per heavy atom. The van der Waals surface area contributed by atoms with E-state index in [4.69, 9.17) is 10.5 Å². The molecule has 0 saturated carbocycles. The second-order valence-corrected chi connectivity index (χ2v) is 6.71. The number of benzene rings is 2. The van der Waals surface area contributed by atoms with E-state index in [2.05, 4.69) is 53.2 Å². The molecule has 1 aliphatic heterocycles. The lowest BCUT2D eigenvalue weighted by Gasteiger charge is -2.41. The molecule has 0 spiro atoms. The molecule has 2 N–H and O–H groups in total. The van der Waals surface area contributed by atoms with Crippen LogP contribution in [0.4, 0.5) is 0 Å². The Hall–Kier alpha value is -1.32. The summed E-state index contributed by atoms with van der Waals surface area (Å²) >= 11 is 3.52. The highest BCUT2D eigenvalue weighted by Crippen LogP contribution is 2.42. The predicted octanol–water partition coefficient (Wildman–Crippen LogP) is 4.62. The van der Waals surface area contributed by atoms with Crippen LogP contribution in [0.15, 0.2) is 53.0 Å². The largest absolute Gasteiger partial charge is 0.486 e. The van der Waals surface area contributed by atoms with Gasteiger partial charge in [0.2, 0.25) is 0 Å². The monoisotopic (exact) mass is 345 g/mol. The van der Waals surface area contributed by atoms with Gasteiger partial charge in [-0.2, -0.15) is 0 Å². The maximum Gasteiger partial charge on any atom is 0.126 e. The van der Waals surface area contributed by atoms with Crippen molar-refractivity contribution in [2.75, 3.05) is 0 Å². The lowest BCUT2D eigenvalue weighted by molar-refractivity contribution is 0.0321. The summed E-state index contributed by atoms with van der Waals surface area (Å²) in [7, 11) is 0. The molecule has 2 nitrogen and oxygen atoms in total. The first-order valence-electron chi connectivity index (χ1n) is 7.40. The molecule has 0 bridgehead atoms. The van der Waals surface area contributed by atoms with Crippen molar-refractivity contribution < 1.29 is 4.74 Å². The van der Waals surface area contributed by atoms with Crippen LogP contribution in [0, 0.1) is 0 Å². The van der Waals surface area contributed by atoms with Gasteiger partial charge in [-0.05, 0) is 24.1 Å². The van der Waals surface area contributed by atoms with Crippen molar-refractivity contribution in [3.05, 3.63) is 64.1 Å². The summed E-state index contributed by atoms with van der Waals surface area (Å²) in [6.07, 6.45) is 2.69. The molecular formula is C18H20BrNO. The zero-order valence-corrected chi connectivity index (χ0v) is 13.8. The van der Waals surface area contributed by atoms with Crippen LogP contribution in [-0.4, -0.2) is 5.60 Å². The molecule has 1 heterocycles. The maximum atomic E-state index is 6.41. The Labute approximate surface area is 134 Å². The molecule has 0 saturated heterocycles. The van der Waals surface area contributed by atoms with E-state index in [1.807, 2.05) is 18.2 Å². The van der Waals surface area contributed by atoms with Crippen molar-refractivity contribution in [1.82, 2.24) is 0 Å². The van der Waals surface area contributed by atoms with Crippen molar-refractivity contribution in [1.29, 1.82) is 0 Å². The summed E-state index contributed by atoms with van der Waals surface area (Å²) in [6, 6.07) is 16.7. The van der Waals surface area contributed by atoms with Gasteiger partial charge >= 0.3 is 0 Å². The highest BCUT2D eigenvalue weighted by atomic mass is 79.9. The summed E-state index contributed by atoms with van der Waals surface area (Å²) in [5.74, 6) is 0.918. The molecule has 1 aliphatic rings. The van der Waals surface area contributed by atoms with Crippen molar-refractivity contribution in [2.24, 2.45) is 5.73 Å². The molecule has 2 atom stereocenters. The first kappa shape index (κ1) is 14.6. The Kier molecular flexibility index (Phi) is 4.05. The lowest BCUT2D eigenvalue weighted by atomic mass is 9.81. The molecule has 3 rings (SSSR count). The number of rotatable bonds is 3. The normalized spacial score (nSPS) is 24.2. The smallest absolute Gasteiger partial charge is 0.126 e. The fourth-order valence-electron chi connectivity index (χ4n) is 3.11. The molecule has 3 heteroatoms. The van der Waals surface area contributed by atoms with E-state index in [1.165, 1.54) is 5.56 Å². The van der Waals surface area contributed by atoms with Crippen molar-refractivity contribution in [2.45, 2.75) is 37.8 Å². The third kappa shape index (κ3) is 2.99. The Morgan fingerprint density at radius 2 is 2.00 bits per heavy atom. The van der Waals surface area contributed by atoms with Crippen molar-refractivity contribution in [3.63, 3.8) is 0 Å². The molecule has 2 unspecified atom stereocenters. The molecule has 2 aromatic rings. The molecule has 0 amide bonds. The Balaban J connectivity index is 1.94. The third-order valence-corrected chi connectivity index (χ3v) is 4.80. The molecular weight excluding hydrogens is 326 g/mol. The second-order valence-electron chi connectivity index (χ2n) is 5.79. The highest BCUT2D eigenvalue weighted by molar-refractivity contribution is 9.10. The molecule has 21 heavy (non-hydrogen) atoms. The van der Waals surface area contributed by atoms with E-state index in [0.29, 0.717) is 0 Å². The summed E-state index contributed by atoms with van der Waals surface area (Å²) in [5, 5.41) is 0. The average Bonchev–Trinajstić information content (AvgIpc) is 2.47. The quantitative estimate of drug-likeness (QED) is 0.880. The highest BCUT2D eigenvalue weighted by Gasteiger charge is 2.38. The summed E-state index contributed by atoms with van der Waals surface area (Å²) in [5.41, 5.74) is 8.60. The summed E-state index contributed by atoms with van der Waals surface area (Å²) in [6.45, 7) is 2.18. The van der Waals surface area contributed by atoms with E-state index < -0.39 is 0 Å². The van der Waals surface area contributed by atoms with Crippen LogP contribution in [0.3, 0.4) is 0 Å². The number of hydrogen-bond donors (Lipinski definition) is 1. The van der Waals surface area contributed by atoms with Gasteiger partial charge in [-0.1, -0.05) is 59.3 Å². The van der Waals surface area contributed by atoms with Crippen LogP contribution in [0.1, 0.15) is 36.9 Å².